The molecule has 0 saturated heterocycles. The van der Waals surface area contributed by atoms with E-state index in [1.807, 2.05) is 0 Å². The summed E-state index contributed by atoms with van der Waals surface area (Å²) >= 11 is 5.44. The fraction of sp³-hybridized carbons (Fsp3) is 0.222. The molecule has 0 amide bonds. The highest BCUT2D eigenvalue weighted by Crippen LogP contribution is 2.15. The summed E-state index contributed by atoms with van der Waals surface area (Å²) in [4.78, 5) is 10.2. The number of benzene rings is 1. The molecule has 1 unspecified atom stereocenters. The van der Waals surface area contributed by atoms with E-state index >= 15 is 0 Å². The quantitative estimate of drug-likeness (QED) is 0.436. The Morgan fingerprint density at radius 3 is 2.21 bits per heavy atom. The van der Waals surface area contributed by atoms with Crippen LogP contribution in [0.5, 0.6) is 0 Å². The van der Waals surface area contributed by atoms with Crippen molar-refractivity contribution in [3.05, 3.63) is 35.1 Å². The molecule has 0 heterocycles. The molecule has 1 atom stereocenters. The van der Waals surface area contributed by atoms with Gasteiger partial charge in [-0.1, -0.05) is 0 Å². The molecule has 0 fully saturated rings. The number of carbonyl (C=O) groups excluding carboxylic acids is 1. The number of rotatable bonds is 3. The molecule has 0 aliphatic carbocycles. The molecule has 0 N–H and O–H groups in total. The second-order valence-electron chi connectivity index (χ2n) is 2.73. The lowest BCUT2D eigenvalue weighted by Crippen LogP contribution is -2.06. The van der Waals surface area contributed by atoms with E-state index in [4.69, 9.17) is 11.6 Å². The summed E-state index contributed by atoms with van der Waals surface area (Å²) < 4.78 is 37.8. The van der Waals surface area contributed by atoms with Crippen LogP contribution in [0.15, 0.2) is 12.1 Å². The van der Waals surface area contributed by atoms with Crippen LogP contribution in [-0.2, 0) is 11.2 Å². The van der Waals surface area contributed by atoms with Crippen molar-refractivity contribution in [3.63, 3.8) is 0 Å². The Morgan fingerprint density at radius 2 is 1.79 bits per heavy atom. The van der Waals surface area contributed by atoms with Crippen molar-refractivity contribution in [2.24, 2.45) is 0 Å². The topological polar surface area (TPSA) is 17.1 Å². The van der Waals surface area contributed by atoms with Gasteiger partial charge in [-0.05, 0) is 24.1 Å². The van der Waals surface area contributed by atoms with Gasteiger partial charge in [-0.2, -0.15) is 0 Å². The van der Waals surface area contributed by atoms with Gasteiger partial charge in [0.1, 0.15) is 6.29 Å². The average molecular weight is 223 g/mol. The summed E-state index contributed by atoms with van der Waals surface area (Å²) in [6, 6.07) is 1.63. The van der Waals surface area contributed by atoms with Crippen LogP contribution in [0.1, 0.15) is 5.56 Å². The molecule has 0 saturated carbocycles. The third-order valence-corrected chi connectivity index (χ3v) is 1.88. The van der Waals surface area contributed by atoms with Gasteiger partial charge in [0.2, 0.25) is 0 Å². The molecule has 76 valence electrons. The van der Waals surface area contributed by atoms with Crippen LogP contribution in [0.25, 0.3) is 0 Å². The Morgan fingerprint density at radius 1 is 1.29 bits per heavy atom. The smallest absolute Gasteiger partial charge is 0.194 e. The number of hydrogen-bond donors (Lipinski definition) is 0. The average Bonchev–Trinajstić information content (AvgIpc) is 2.14. The van der Waals surface area contributed by atoms with E-state index in [9.17, 15) is 18.0 Å². The lowest BCUT2D eigenvalue weighted by Gasteiger charge is -2.03. The highest BCUT2D eigenvalue weighted by molar-refractivity contribution is 6.27. The highest BCUT2D eigenvalue weighted by atomic mass is 35.5. The maximum Gasteiger partial charge on any atom is 0.194 e. The number of halogens is 4. The van der Waals surface area contributed by atoms with Crippen LogP contribution in [0.4, 0.5) is 13.2 Å². The standard InChI is InChI=1S/C9H6ClF3O/c10-6(4-14)1-5-2-7(11)9(13)8(12)3-5/h2-4,6H,1H2. The van der Waals surface area contributed by atoms with Gasteiger partial charge in [0.05, 0.1) is 5.38 Å². The number of alkyl halides is 1. The van der Waals surface area contributed by atoms with E-state index < -0.39 is 22.8 Å². The third-order valence-electron chi connectivity index (χ3n) is 1.62. The minimum absolute atomic E-state index is 0.0286. The van der Waals surface area contributed by atoms with Gasteiger partial charge in [-0.3, -0.25) is 0 Å². The van der Waals surface area contributed by atoms with Crippen LogP contribution in [0, 0.1) is 17.5 Å². The molecule has 0 spiro atoms. The van der Waals surface area contributed by atoms with Gasteiger partial charge in [-0.25, -0.2) is 13.2 Å². The molecule has 0 aliphatic rings. The van der Waals surface area contributed by atoms with E-state index in [2.05, 4.69) is 0 Å². The number of aldehydes is 1. The molecular formula is C9H6ClF3O. The molecule has 1 aromatic carbocycles. The van der Waals surface area contributed by atoms with Crippen molar-refractivity contribution in [1.82, 2.24) is 0 Å². The summed E-state index contributed by atoms with van der Waals surface area (Å²) in [7, 11) is 0. The molecule has 5 heteroatoms. The fourth-order valence-corrected chi connectivity index (χ4v) is 1.18. The molecular weight excluding hydrogens is 217 g/mol. The Hall–Kier alpha value is -1.03. The van der Waals surface area contributed by atoms with Crippen LogP contribution >= 0.6 is 11.6 Å². The lowest BCUT2D eigenvalue weighted by atomic mass is 10.1. The summed E-state index contributed by atoms with van der Waals surface area (Å²) in [5, 5.41) is -0.862. The van der Waals surface area contributed by atoms with E-state index in [1.165, 1.54) is 0 Å². The molecule has 1 nitrogen and oxygen atoms in total. The zero-order valence-corrected chi connectivity index (χ0v) is 7.69. The van der Waals surface area contributed by atoms with Gasteiger partial charge in [0, 0.05) is 0 Å². The van der Waals surface area contributed by atoms with Crippen molar-refractivity contribution in [2.45, 2.75) is 11.8 Å². The fourth-order valence-electron chi connectivity index (χ4n) is 0.999. The summed E-state index contributed by atoms with van der Waals surface area (Å²) in [6.45, 7) is 0. The minimum Gasteiger partial charge on any atom is -0.302 e. The third kappa shape index (κ3) is 2.48. The van der Waals surface area contributed by atoms with Gasteiger partial charge in [-0.15, -0.1) is 11.6 Å². The van der Waals surface area contributed by atoms with E-state index in [1.54, 1.807) is 0 Å². The normalized spacial score (nSPS) is 12.6. The minimum atomic E-state index is -1.52. The maximum atomic E-state index is 12.6. The van der Waals surface area contributed by atoms with Gasteiger partial charge >= 0.3 is 0 Å². The predicted octanol–water partition coefficient (Wildman–Crippen LogP) is 2.45. The van der Waals surface area contributed by atoms with Crippen LogP contribution in [-0.4, -0.2) is 11.7 Å². The first-order chi connectivity index (χ1) is 6.54. The zero-order valence-electron chi connectivity index (χ0n) is 6.94. The van der Waals surface area contributed by atoms with Crippen molar-refractivity contribution in [3.8, 4) is 0 Å². The Bertz CT molecular complexity index is 331. The lowest BCUT2D eigenvalue weighted by molar-refractivity contribution is -0.107. The number of hydrogen-bond acceptors (Lipinski definition) is 1. The second-order valence-corrected chi connectivity index (χ2v) is 3.29. The van der Waals surface area contributed by atoms with E-state index in [0.717, 1.165) is 12.1 Å². The molecule has 1 aromatic rings. The first-order valence-corrected chi connectivity index (χ1v) is 4.21. The van der Waals surface area contributed by atoms with E-state index in [0.29, 0.717) is 6.29 Å². The molecule has 14 heavy (non-hydrogen) atoms. The Labute approximate surface area is 83.5 Å². The first-order valence-electron chi connectivity index (χ1n) is 3.77. The van der Waals surface area contributed by atoms with Crippen LogP contribution in [0.2, 0.25) is 0 Å². The zero-order chi connectivity index (χ0) is 10.7. The first kappa shape index (κ1) is 11.0. The van der Waals surface area contributed by atoms with Crippen LogP contribution in [0.3, 0.4) is 0 Å². The number of carbonyl (C=O) groups is 1. The molecule has 0 bridgehead atoms. The monoisotopic (exact) mass is 222 g/mol. The Kier molecular flexibility index (Phi) is 3.52. The van der Waals surface area contributed by atoms with E-state index in [-0.39, 0.29) is 12.0 Å². The SMILES string of the molecule is O=CC(Cl)Cc1cc(F)c(F)c(F)c1. The van der Waals surface area contributed by atoms with Crippen molar-refractivity contribution >= 4 is 17.9 Å². The Balaban J connectivity index is 2.95. The predicted molar refractivity (Wildman–Crippen MR) is 45.7 cm³/mol. The highest BCUT2D eigenvalue weighted by Gasteiger charge is 2.12. The molecule has 1 rings (SSSR count). The van der Waals surface area contributed by atoms with Crippen molar-refractivity contribution in [2.75, 3.05) is 0 Å². The van der Waals surface area contributed by atoms with Crippen molar-refractivity contribution in [1.29, 1.82) is 0 Å². The molecule has 0 aromatic heterocycles. The summed E-state index contributed by atoms with van der Waals surface area (Å²) in [5.74, 6) is -4.09. The van der Waals surface area contributed by atoms with Gasteiger partial charge in [0.25, 0.3) is 0 Å². The van der Waals surface area contributed by atoms with Gasteiger partial charge < -0.3 is 4.79 Å². The molecule has 0 aliphatic heterocycles. The van der Waals surface area contributed by atoms with Crippen molar-refractivity contribution < 1.29 is 18.0 Å². The molecule has 0 radical (unpaired) electrons. The maximum absolute atomic E-state index is 12.6. The van der Waals surface area contributed by atoms with Crippen LogP contribution < -0.4 is 0 Å². The second kappa shape index (κ2) is 4.46. The summed E-state index contributed by atoms with van der Waals surface area (Å²) in [5.41, 5.74) is 0.147. The summed E-state index contributed by atoms with van der Waals surface area (Å²) in [6.07, 6.45) is 0.417. The largest absolute Gasteiger partial charge is 0.302 e. The van der Waals surface area contributed by atoms with Gasteiger partial charge in [0.15, 0.2) is 17.5 Å².